The monoisotopic (exact) mass is 322 g/mol. The van der Waals surface area contributed by atoms with Crippen molar-refractivity contribution < 1.29 is 21.6 Å². The normalized spacial score (nSPS) is 20.9. The summed E-state index contributed by atoms with van der Waals surface area (Å²) in [6.45, 7) is 0.905. The molecular formula is C13H17F3N2O2S. The molecule has 4 nitrogen and oxygen atoms in total. The van der Waals surface area contributed by atoms with Gasteiger partial charge in [-0.1, -0.05) is 12.1 Å². The smallest absolute Gasteiger partial charge is 0.330 e. The minimum atomic E-state index is -4.69. The van der Waals surface area contributed by atoms with Crippen LogP contribution in [0.3, 0.4) is 0 Å². The minimum Gasteiger partial charge on any atom is -0.330 e. The highest BCUT2D eigenvalue weighted by Gasteiger charge is 2.40. The number of benzene rings is 1. The number of hydrogen-bond acceptors (Lipinski definition) is 3. The first-order valence-corrected chi connectivity index (χ1v) is 8.07. The van der Waals surface area contributed by atoms with E-state index in [9.17, 15) is 21.6 Å². The van der Waals surface area contributed by atoms with Crippen molar-refractivity contribution in [3.8, 4) is 0 Å². The van der Waals surface area contributed by atoms with Crippen molar-refractivity contribution in [3.05, 3.63) is 29.8 Å². The van der Waals surface area contributed by atoms with Gasteiger partial charge in [0.25, 0.3) is 0 Å². The van der Waals surface area contributed by atoms with Crippen LogP contribution in [0.25, 0.3) is 0 Å². The summed E-state index contributed by atoms with van der Waals surface area (Å²) in [5.41, 5.74) is 4.32. The van der Waals surface area contributed by atoms with Crippen LogP contribution < -0.4 is 5.73 Å². The Balaban J connectivity index is 2.34. The zero-order valence-corrected chi connectivity index (χ0v) is 12.1. The molecule has 21 heavy (non-hydrogen) atoms. The number of hydrogen-bond donors (Lipinski definition) is 1. The fourth-order valence-corrected chi connectivity index (χ4v) is 4.29. The Hall–Kier alpha value is -1.12. The fraction of sp³-hybridized carbons (Fsp3) is 0.538. The molecule has 0 radical (unpaired) electrons. The fourth-order valence-electron chi connectivity index (χ4n) is 2.55. The molecule has 1 saturated heterocycles. The first-order valence-electron chi connectivity index (χ1n) is 6.63. The highest BCUT2D eigenvalue weighted by atomic mass is 32.2. The summed E-state index contributed by atoms with van der Waals surface area (Å²) in [4.78, 5) is -0.675. The SMILES string of the molecule is NCCC1CCN(S(=O)(=O)c2ccccc2C(F)(F)F)C1. The standard InChI is InChI=1S/C13H17F3N2O2S/c14-13(15,16)11-3-1-2-4-12(11)21(19,20)18-8-6-10(9-18)5-7-17/h1-4,10H,5-9,17H2. The van der Waals surface area contributed by atoms with E-state index in [1.165, 1.54) is 12.1 Å². The van der Waals surface area contributed by atoms with Crippen LogP contribution in [-0.2, 0) is 16.2 Å². The van der Waals surface area contributed by atoms with Gasteiger partial charge in [0.15, 0.2) is 0 Å². The maximum atomic E-state index is 13.0. The number of halogens is 3. The Bertz CT molecular complexity index is 602. The van der Waals surface area contributed by atoms with E-state index in [4.69, 9.17) is 5.73 Å². The molecule has 8 heteroatoms. The van der Waals surface area contributed by atoms with E-state index >= 15 is 0 Å². The maximum absolute atomic E-state index is 13.0. The lowest BCUT2D eigenvalue weighted by Crippen LogP contribution is -2.30. The molecule has 0 aliphatic carbocycles. The molecule has 2 rings (SSSR count). The van der Waals surface area contributed by atoms with Crippen molar-refractivity contribution in [2.24, 2.45) is 11.7 Å². The van der Waals surface area contributed by atoms with E-state index in [2.05, 4.69) is 0 Å². The van der Waals surface area contributed by atoms with Crippen LogP contribution in [0.15, 0.2) is 29.2 Å². The molecule has 0 spiro atoms. The second kappa shape index (κ2) is 5.94. The Morgan fingerprint density at radius 2 is 1.95 bits per heavy atom. The number of sulfonamides is 1. The molecule has 1 aromatic carbocycles. The Morgan fingerprint density at radius 1 is 1.29 bits per heavy atom. The summed E-state index contributed by atoms with van der Waals surface area (Å²) < 4.78 is 64.9. The summed E-state index contributed by atoms with van der Waals surface area (Å²) in [6, 6.07) is 4.29. The quantitative estimate of drug-likeness (QED) is 0.923. The number of rotatable bonds is 4. The lowest BCUT2D eigenvalue weighted by molar-refractivity contribution is -0.139. The molecule has 0 saturated carbocycles. The van der Waals surface area contributed by atoms with E-state index in [-0.39, 0.29) is 19.0 Å². The number of nitrogens with zero attached hydrogens (tertiary/aromatic N) is 1. The summed E-state index contributed by atoms with van der Waals surface area (Å²) >= 11 is 0. The third-order valence-corrected chi connectivity index (χ3v) is 5.56. The molecule has 0 amide bonds. The van der Waals surface area contributed by atoms with E-state index in [1.807, 2.05) is 0 Å². The zero-order valence-electron chi connectivity index (χ0n) is 11.3. The second-order valence-corrected chi connectivity index (χ2v) is 7.00. The van der Waals surface area contributed by atoms with Crippen LogP contribution in [-0.4, -0.2) is 32.4 Å². The van der Waals surface area contributed by atoms with Gasteiger partial charge in [-0.15, -0.1) is 0 Å². The molecule has 0 aromatic heterocycles. The number of alkyl halides is 3. The molecule has 1 fully saturated rings. The van der Waals surface area contributed by atoms with Gasteiger partial charge in [-0.25, -0.2) is 8.42 Å². The van der Waals surface area contributed by atoms with E-state index in [0.29, 0.717) is 19.4 Å². The molecule has 1 aromatic rings. The van der Waals surface area contributed by atoms with Gasteiger partial charge in [0.1, 0.15) is 0 Å². The van der Waals surface area contributed by atoms with Crippen LogP contribution in [0, 0.1) is 5.92 Å². The Labute approximate surface area is 121 Å². The predicted molar refractivity (Wildman–Crippen MR) is 72.0 cm³/mol. The lowest BCUT2D eigenvalue weighted by atomic mass is 10.1. The highest BCUT2D eigenvalue weighted by Crippen LogP contribution is 2.36. The first-order chi connectivity index (χ1) is 9.76. The third-order valence-electron chi connectivity index (χ3n) is 3.63. The van der Waals surface area contributed by atoms with Crippen molar-refractivity contribution in [2.75, 3.05) is 19.6 Å². The average molecular weight is 322 g/mol. The van der Waals surface area contributed by atoms with Crippen LogP contribution in [0.2, 0.25) is 0 Å². The van der Waals surface area contributed by atoms with Gasteiger partial charge in [-0.3, -0.25) is 0 Å². The first kappa shape index (κ1) is 16.3. The van der Waals surface area contributed by atoms with Gasteiger partial charge in [0, 0.05) is 13.1 Å². The highest BCUT2D eigenvalue weighted by molar-refractivity contribution is 7.89. The average Bonchev–Trinajstić information content (AvgIpc) is 2.87. The van der Waals surface area contributed by atoms with E-state index < -0.39 is 26.7 Å². The Morgan fingerprint density at radius 3 is 2.57 bits per heavy atom. The largest absolute Gasteiger partial charge is 0.417 e. The lowest BCUT2D eigenvalue weighted by Gasteiger charge is -2.19. The molecule has 0 bridgehead atoms. The van der Waals surface area contributed by atoms with Gasteiger partial charge in [0.2, 0.25) is 10.0 Å². The zero-order chi connectivity index (χ0) is 15.7. The molecule has 1 unspecified atom stereocenters. The van der Waals surface area contributed by atoms with Gasteiger partial charge in [-0.2, -0.15) is 17.5 Å². The molecule has 2 N–H and O–H groups in total. The summed E-state index contributed by atoms with van der Waals surface area (Å²) in [5.74, 6) is 0.114. The maximum Gasteiger partial charge on any atom is 0.417 e. The van der Waals surface area contributed by atoms with Crippen LogP contribution >= 0.6 is 0 Å². The van der Waals surface area contributed by atoms with Gasteiger partial charge in [0.05, 0.1) is 10.5 Å². The molecule has 118 valence electrons. The van der Waals surface area contributed by atoms with Crippen molar-refractivity contribution in [1.82, 2.24) is 4.31 Å². The summed E-state index contributed by atoms with van der Waals surface area (Å²) in [5, 5.41) is 0. The number of nitrogens with two attached hydrogens (primary N) is 1. The van der Waals surface area contributed by atoms with Crippen molar-refractivity contribution in [2.45, 2.75) is 23.9 Å². The second-order valence-electron chi connectivity index (χ2n) is 5.09. The van der Waals surface area contributed by atoms with E-state index in [0.717, 1.165) is 16.4 Å². The molecular weight excluding hydrogens is 305 g/mol. The van der Waals surface area contributed by atoms with Gasteiger partial charge >= 0.3 is 6.18 Å². The predicted octanol–water partition coefficient (Wildman–Crippen LogP) is 2.06. The van der Waals surface area contributed by atoms with Gasteiger partial charge in [-0.05, 0) is 37.4 Å². The molecule has 1 atom stereocenters. The summed E-state index contributed by atoms with van der Waals surface area (Å²) in [7, 11) is -4.13. The Kier molecular flexibility index (Phi) is 4.60. The van der Waals surface area contributed by atoms with Crippen molar-refractivity contribution in [3.63, 3.8) is 0 Å². The van der Waals surface area contributed by atoms with Crippen LogP contribution in [0.4, 0.5) is 13.2 Å². The molecule has 1 aliphatic heterocycles. The third kappa shape index (κ3) is 3.38. The molecule has 1 heterocycles. The van der Waals surface area contributed by atoms with Crippen LogP contribution in [0.1, 0.15) is 18.4 Å². The minimum absolute atomic E-state index is 0.114. The molecule has 1 aliphatic rings. The van der Waals surface area contributed by atoms with Crippen molar-refractivity contribution >= 4 is 10.0 Å². The summed E-state index contributed by atoms with van der Waals surface area (Å²) in [6.07, 6.45) is -3.39. The van der Waals surface area contributed by atoms with Crippen LogP contribution in [0.5, 0.6) is 0 Å². The van der Waals surface area contributed by atoms with Crippen molar-refractivity contribution in [1.29, 1.82) is 0 Å². The van der Waals surface area contributed by atoms with Gasteiger partial charge < -0.3 is 5.73 Å². The topological polar surface area (TPSA) is 63.4 Å². The van der Waals surface area contributed by atoms with E-state index in [1.54, 1.807) is 0 Å².